The van der Waals surface area contributed by atoms with Gasteiger partial charge in [-0.25, -0.2) is 4.98 Å². The monoisotopic (exact) mass is 449 g/mol. The van der Waals surface area contributed by atoms with E-state index in [0.29, 0.717) is 21.5 Å². The molecule has 156 valence electrons. The van der Waals surface area contributed by atoms with Crippen LogP contribution in [-0.2, 0) is 4.79 Å². The van der Waals surface area contributed by atoms with Gasteiger partial charge < -0.3 is 10.6 Å². The number of amides is 2. The molecule has 0 aliphatic heterocycles. The molecule has 2 aromatic heterocycles. The molecule has 0 radical (unpaired) electrons. The first-order valence-corrected chi connectivity index (χ1v) is 11.3. The van der Waals surface area contributed by atoms with E-state index < -0.39 is 0 Å². The van der Waals surface area contributed by atoms with E-state index in [2.05, 4.69) is 25.8 Å². The van der Waals surface area contributed by atoms with Gasteiger partial charge in [0.1, 0.15) is 5.03 Å². The third-order valence-corrected chi connectivity index (χ3v) is 6.19. The number of aryl methyl sites for hydroxylation is 2. The molecule has 0 unspecified atom stereocenters. The number of anilines is 2. The molecule has 0 atom stereocenters. The number of nitrogens with one attached hydrogen (secondary N) is 2. The average Bonchev–Trinajstić information content (AvgIpc) is 3.15. The van der Waals surface area contributed by atoms with Crippen molar-refractivity contribution in [3.63, 3.8) is 0 Å². The van der Waals surface area contributed by atoms with Crippen LogP contribution in [0, 0.1) is 13.8 Å². The first-order valence-electron chi connectivity index (χ1n) is 9.48. The highest BCUT2D eigenvalue weighted by Crippen LogP contribution is 2.27. The van der Waals surface area contributed by atoms with Crippen LogP contribution in [0.5, 0.6) is 0 Å². The van der Waals surface area contributed by atoms with E-state index in [1.807, 2.05) is 44.2 Å². The molecule has 2 N–H and O–H groups in total. The van der Waals surface area contributed by atoms with Crippen molar-refractivity contribution < 1.29 is 9.59 Å². The maximum atomic E-state index is 12.3. The Morgan fingerprint density at radius 3 is 2.45 bits per heavy atom. The summed E-state index contributed by atoms with van der Waals surface area (Å²) in [4.78, 5) is 28.9. The number of carbonyl (C=O) groups excluding carboxylic acids is 2. The summed E-state index contributed by atoms with van der Waals surface area (Å²) in [5.74, 6) is 0.113. The van der Waals surface area contributed by atoms with Crippen LogP contribution in [0.3, 0.4) is 0 Å². The third-order valence-electron chi connectivity index (χ3n) is 4.34. The highest BCUT2D eigenvalue weighted by atomic mass is 32.2. The third kappa shape index (κ3) is 5.44. The first kappa shape index (κ1) is 21.0. The largest absolute Gasteiger partial charge is 0.305 e. The van der Waals surface area contributed by atoms with Gasteiger partial charge in [-0.1, -0.05) is 46.9 Å². The minimum atomic E-state index is -0.250. The number of hydrogen-bond donors (Lipinski definition) is 2. The highest BCUT2D eigenvalue weighted by molar-refractivity contribution is 7.99. The molecule has 4 rings (SSSR count). The summed E-state index contributed by atoms with van der Waals surface area (Å²) in [5, 5.41) is 14.8. The summed E-state index contributed by atoms with van der Waals surface area (Å²) in [5.41, 5.74) is 3.65. The summed E-state index contributed by atoms with van der Waals surface area (Å²) >= 11 is 2.71. The number of rotatable bonds is 6. The van der Waals surface area contributed by atoms with Gasteiger partial charge in [0.05, 0.1) is 16.0 Å². The van der Waals surface area contributed by atoms with Gasteiger partial charge in [-0.05, 0) is 55.8 Å². The molecule has 0 spiro atoms. The molecule has 31 heavy (non-hydrogen) atoms. The van der Waals surface area contributed by atoms with Crippen molar-refractivity contribution in [2.75, 3.05) is 16.4 Å². The average molecular weight is 450 g/mol. The van der Waals surface area contributed by atoms with Gasteiger partial charge in [0.25, 0.3) is 5.91 Å². The quantitative estimate of drug-likeness (QED) is 0.415. The molecule has 7 nitrogen and oxygen atoms in total. The minimum Gasteiger partial charge on any atom is -0.305 e. The summed E-state index contributed by atoms with van der Waals surface area (Å²) in [7, 11) is 0. The minimum absolute atomic E-state index is 0.167. The van der Waals surface area contributed by atoms with Crippen LogP contribution in [0.4, 0.5) is 10.9 Å². The number of hydrogen-bond acceptors (Lipinski definition) is 7. The Morgan fingerprint density at radius 1 is 0.935 bits per heavy atom. The molecule has 0 saturated heterocycles. The van der Waals surface area contributed by atoms with Crippen LogP contribution in [0.2, 0.25) is 0 Å². The molecule has 0 bridgehead atoms. The van der Waals surface area contributed by atoms with E-state index in [9.17, 15) is 9.59 Å². The van der Waals surface area contributed by atoms with Gasteiger partial charge in [-0.3, -0.25) is 9.59 Å². The second-order valence-corrected chi connectivity index (χ2v) is 8.93. The van der Waals surface area contributed by atoms with Crippen LogP contribution in [0.1, 0.15) is 21.5 Å². The molecule has 0 aliphatic carbocycles. The van der Waals surface area contributed by atoms with Gasteiger partial charge in [-0.15, -0.1) is 10.2 Å². The lowest BCUT2D eigenvalue weighted by molar-refractivity contribution is -0.113. The van der Waals surface area contributed by atoms with Crippen molar-refractivity contribution in [2.45, 2.75) is 18.9 Å². The van der Waals surface area contributed by atoms with Crippen molar-refractivity contribution in [1.82, 2.24) is 15.2 Å². The second kappa shape index (κ2) is 9.23. The van der Waals surface area contributed by atoms with Crippen LogP contribution in [-0.4, -0.2) is 32.7 Å². The van der Waals surface area contributed by atoms with Gasteiger partial charge in [0, 0.05) is 5.56 Å². The number of aromatic nitrogens is 3. The number of thiazole rings is 1. The number of benzene rings is 2. The molecule has 2 amide bonds. The van der Waals surface area contributed by atoms with Crippen molar-refractivity contribution >= 4 is 56.1 Å². The predicted molar refractivity (Wildman–Crippen MR) is 125 cm³/mol. The smallest absolute Gasteiger partial charge is 0.256 e. The van der Waals surface area contributed by atoms with Crippen molar-refractivity contribution in [2.24, 2.45) is 0 Å². The van der Waals surface area contributed by atoms with Crippen molar-refractivity contribution in [1.29, 1.82) is 0 Å². The Bertz CT molecular complexity index is 1240. The highest BCUT2D eigenvalue weighted by Gasteiger charge is 2.10. The van der Waals surface area contributed by atoms with Gasteiger partial charge in [0.15, 0.2) is 10.9 Å². The molecule has 4 aromatic rings. The molecule has 9 heteroatoms. The van der Waals surface area contributed by atoms with E-state index in [1.165, 1.54) is 23.1 Å². The van der Waals surface area contributed by atoms with E-state index in [4.69, 9.17) is 0 Å². The van der Waals surface area contributed by atoms with Gasteiger partial charge in [-0.2, -0.15) is 0 Å². The van der Waals surface area contributed by atoms with Gasteiger partial charge >= 0.3 is 0 Å². The lowest BCUT2D eigenvalue weighted by atomic mass is 10.1. The molecular formula is C22H19N5O2S2. The summed E-state index contributed by atoms with van der Waals surface area (Å²) < 4.78 is 1.04. The molecule has 0 fully saturated rings. The SMILES string of the molecule is Cc1ccc(C(=O)Nc2ccc(SCC(=O)Nc3nc4ccc(C)cc4s3)nn2)cc1. The topological polar surface area (TPSA) is 96.9 Å². The molecule has 0 aliphatic rings. The number of thioether (sulfide) groups is 1. The fourth-order valence-electron chi connectivity index (χ4n) is 2.74. The summed E-state index contributed by atoms with van der Waals surface area (Å²) in [6.07, 6.45) is 0. The predicted octanol–water partition coefficient (Wildman–Crippen LogP) is 4.69. The van der Waals surface area contributed by atoms with E-state index in [0.717, 1.165) is 21.3 Å². The van der Waals surface area contributed by atoms with Crippen molar-refractivity contribution in [3.05, 3.63) is 71.3 Å². The van der Waals surface area contributed by atoms with E-state index in [-0.39, 0.29) is 17.6 Å². The maximum Gasteiger partial charge on any atom is 0.256 e. The fraction of sp³-hybridized carbons (Fsp3) is 0.136. The molecular weight excluding hydrogens is 430 g/mol. The standard InChI is InChI=1S/C22H19N5O2S2/c1-13-3-6-15(7-4-13)21(29)24-18-9-10-20(27-26-18)30-12-19(28)25-22-23-16-8-5-14(2)11-17(16)31-22/h3-11H,12H2,1-2H3,(H,23,25,28)(H,24,26,29). The lowest BCUT2D eigenvalue weighted by Crippen LogP contribution is -2.14. The normalized spacial score (nSPS) is 10.8. The van der Waals surface area contributed by atoms with Crippen LogP contribution < -0.4 is 10.6 Å². The Hall–Kier alpha value is -3.30. The number of nitrogens with zero attached hydrogens (tertiary/aromatic N) is 3. The van der Waals surface area contributed by atoms with E-state index in [1.54, 1.807) is 24.3 Å². The van der Waals surface area contributed by atoms with Crippen LogP contribution in [0.15, 0.2) is 59.6 Å². The fourth-order valence-corrected chi connectivity index (χ4v) is 4.33. The molecule has 0 saturated carbocycles. The first-order chi connectivity index (χ1) is 15.0. The Morgan fingerprint density at radius 2 is 1.71 bits per heavy atom. The summed E-state index contributed by atoms with van der Waals surface area (Å²) in [6.45, 7) is 3.98. The zero-order valence-electron chi connectivity index (χ0n) is 16.9. The Labute approximate surface area is 187 Å². The molecule has 2 heterocycles. The van der Waals surface area contributed by atoms with E-state index >= 15 is 0 Å². The number of fused-ring (bicyclic) bond motifs is 1. The Balaban J connectivity index is 1.29. The lowest BCUT2D eigenvalue weighted by Gasteiger charge is -2.05. The summed E-state index contributed by atoms with van der Waals surface area (Å²) in [6, 6.07) is 16.6. The zero-order chi connectivity index (χ0) is 21.8. The zero-order valence-corrected chi connectivity index (χ0v) is 18.5. The van der Waals surface area contributed by atoms with Gasteiger partial charge in [0.2, 0.25) is 5.91 Å². The van der Waals surface area contributed by atoms with Crippen molar-refractivity contribution in [3.8, 4) is 0 Å². The van der Waals surface area contributed by atoms with Crippen LogP contribution in [0.25, 0.3) is 10.2 Å². The second-order valence-electron chi connectivity index (χ2n) is 6.90. The Kier molecular flexibility index (Phi) is 6.24. The number of carbonyl (C=O) groups is 2. The molecule has 2 aromatic carbocycles. The van der Waals surface area contributed by atoms with Crippen LogP contribution >= 0.6 is 23.1 Å². The maximum absolute atomic E-state index is 12.3.